The zero-order valence-electron chi connectivity index (χ0n) is 11.2. The normalized spacial score (nSPS) is 48.8. The largest absolute Gasteiger partial charge is 0.458 e. The van der Waals surface area contributed by atoms with Crippen LogP contribution in [0.2, 0.25) is 0 Å². The van der Waals surface area contributed by atoms with E-state index in [0.29, 0.717) is 18.4 Å². The molecular weight excluding hydrogens is 244 g/mol. The first-order valence-electron chi connectivity index (χ1n) is 6.65. The third kappa shape index (κ3) is 1.38. The summed E-state index contributed by atoms with van der Waals surface area (Å²) in [5.74, 6) is -0.665. The van der Waals surface area contributed by atoms with Gasteiger partial charge in [0.05, 0.1) is 11.0 Å². The van der Waals surface area contributed by atoms with Crippen molar-refractivity contribution in [1.82, 2.24) is 0 Å². The van der Waals surface area contributed by atoms with Gasteiger partial charge < -0.3 is 9.84 Å². The van der Waals surface area contributed by atoms with Crippen molar-refractivity contribution < 1.29 is 19.4 Å². The number of hydrogen-bond donors (Lipinski definition) is 1. The molecule has 2 fully saturated rings. The topological polar surface area (TPSA) is 63.6 Å². The number of fused-ring (bicyclic) bond motifs is 2. The van der Waals surface area contributed by atoms with Gasteiger partial charge in [-0.05, 0) is 31.4 Å². The van der Waals surface area contributed by atoms with Gasteiger partial charge in [0.2, 0.25) is 0 Å². The van der Waals surface area contributed by atoms with Gasteiger partial charge in [-0.2, -0.15) is 0 Å². The molecule has 1 aliphatic heterocycles. The fraction of sp³-hybridized carbons (Fsp3) is 0.600. The summed E-state index contributed by atoms with van der Waals surface area (Å²) in [4.78, 5) is 23.8. The first-order valence-corrected chi connectivity index (χ1v) is 6.65. The lowest BCUT2D eigenvalue weighted by Gasteiger charge is -2.40. The van der Waals surface area contributed by atoms with E-state index in [1.807, 2.05) is 6.92 Å². The first kappa shape index (κ1) is 12.6. The molecule has 1 heterocycles. The van der Waals surface area contributed by atoms with Gasteiger partial charge in [-0.3, -0.25) is 4.79 Å². The summed E-state index contributed by atoms with van der Waals surface area (Å²) in [5, 5.41) is 10.9. The lowest BCUT2D eigenvalue weighted by Crippen LogP contribution is -2.50. The van der Waals surface area contributed by atoms with E-state index in [1.165, 1.54) is 6.08 Å². The maximum absolute atomic E-state index is 12.2. The Morgan fingerprint density at radius 2 is 2.16 bits per heavy atom. The Labute approximate surface area is 112 Å². The van der Waals surface area contributed by atoms with Crippen molar-refractivity contribution in [3.8, 4) is 0 Å². The molecule has 5 atom stereocenters. The van der Waals surface area contributed by atoms with Crippen LogP contribution in [0, 0.1) is 17.3 Å². The number of rotatable bonds is 0. The van der Waals surface area contributed by atoms with Gasteiger partial charge in [-0.1, -0.05) is 13.5 Å². The van der Waals surface area contributed by atoms with E-state index in [-0.39, 0.29) is 29.7 Å². The average molecular weight is 262 g/mol. The van der Waals surface area contributed by atoms with E-state index >= 15 is 0 Å². The van der Waals surface area contributed by atoms with Gasteiger partial charge in [-0.25, -0.2) is 4.79 Å². The molecule has 3 rings (SSSR count). The number of allylic oxidation sites excluding steroid dienone is 1. The zero-order chi connectivity index (χ0) is 14.0. The van der Waals surface area contributed by atoms with E-state index in [9.17, 15) is 14.7 Å². The highest BCUT2D eigenvalue weighted by atomic mass is 16.6. The predicted molar refractivity (Wildman–Crippen MR) is 68.1 cm³/mol. The summed E-state index contributed by atoms with van der Waals surface area (Å²) in [6.45, 7) is 7.48. The van der Waals surface area contributed by atoms with E-state index in [1.54, 1.807) is 13.0 Å². The van der Waals surface area contributed by atoms with Crippen LogP contribution in [0.3, 0.4) is 0 Å². The molecule has 19 heavy (non-hydrogen) atoms. The number of ketones is 1. The van der Waals surface area contributed by atoms with Crippen molar-refractivity contribution in [2.45, 2.75) is 38.4 Å². The third-order valence-electron chi connectivity index (χ3n) is 5.30. The lowest BCUT2D eigenvalue weighted by molar-refractivity contribution is -0.147. The van der Waals surface area contributed by atoms with E-state index < -0.39 is 11.0 Å². The summed E-state index contributed by atoms with van der Waals surface area (Å²) >= 11 is 0. The van der Waals surface area contributed by atoms with Gasteiger partial charge in [0.25, 0.3) is 0 Å². The molecule has 2 aliphatic carbocycles. The molecule has 1 saturated heterocycles. The van der Waals surface area contributed by atoms with E-state index in [2.05, 4.69) is 6.58 Å². The van der Waals surface area contributed by atoms with Crippen LogP contribution in [0.25, 0.3) is 0 Å². The molecule has 0 aromatic carbocycles. The highest BCUT2D eigenvalue weighted by Crippen LogP contribution is 2.54. The number of carbonyl (C=O) groups excluding carboxylic acids is 2. The Morgan fingerprint density at radius 3 is 2.84 bits per heavy atom. The molecule has 4 heteroatoms. The second-order valence-electron chi connectivity index (χ2n) is 6.27. The SMILES string of the molecule is C=C1C(=O)O[C@H]2C[C@]3(C)C(=O)C=C[C@]3(O)[C@@H](C)C[C@@H]12. The smallest absolute Gasteiger partial charge is 0.334 e. The first-order chi connectivity index (χ1) is 8.79. The van der Waals surface area contributed by atoms with E-state index in [4.69, 9.17) is 4.74 Å². The Hall–Kier alpha value is -1.42. The van der Waals surface area contributed by atoms with Crippen LogP contribution in [-0.4, -0.2) is 28.6 Å². The second kappa shape index (κ2) is 3.57. The summed E-state index contributed by atoms with van der Waals surface area (Å²) in [6, 6.07) is 0. The molecule has 4 nitrogen and oxygen atoms in total. The van der Waals surface area contributed by atoms with E-state index in [0.717, 1.165) is 0 Å². The summed E-state index contributed by atoms with van der Waals surface area (Å²) in [5.41, 5.74) is -1.59. The monoisotopic (exact) mass is 262 g/mol. The van der Waals surface area contributed by atoms with Gasteiger partial charge in [0.15, 0.2) is 5.78 Å². The maximum atomic E-state index is 12.2. The Bertz CT molecular complexity index is 520. The van der Waals surface area contributed by atoms with Crippen LogP contribution in [0.4, 0.5) is 0 Å². The standard InChI is InChI=1S/C15H18O4/c1-8-6-10-9(2)13(17)19-11(10)7-14(3)12(16)4-5-15(8,14)18/h4-5,8,10-11,18H,2,6-7H2,1,3H3/t8-,10-,11-,14+,15-/m0/s1. The van der Waals surface area contributed by atoms with Gasteiger partial charge in [-0.15, -0.1) is 0 Å². The van der Waals surface area contributed by atoms with Crippen molar-refractivity contribution in [1.29, 1.82) is 0 Å². The van der Waals surface area contributed by atoms with Crippen molar-refractivity contribution >= 4 is 11.8 Å². The second-order valence-corrected chi connectivity index (χ2v) is 6.27. The quantitative estimate of drug-likeness (QED) is 0.529. The predicted octanol–water partition coefficient (Wildman–Crippen LogP) is 1.39. The van der Waals surface area contributed by atoms with Gasteiger partial charge in [0, 0.05) is 17.9 Å². The molecule has 1 saturated carbocycles. The lowest BCUT2D eigenvalue weighted by atomic mass is 9.67. The summed E-state index contributed by atoms with van der Waals surface area (Å²) in [7, 11) is 0. The molecule has 0 bridgehead atoms. The molecule has 1 N–H and O–H groups in total. The molecular formula is C15H18O4. The highest BCUT2D eigenvalue weighted by Gasteiger charge is 2.61. The third-order valence-corrected chi connectivity index (χ3v) is 5.30. The zero-order valence-corrected chi connectivity index (χ0v) is 11.2. The molecule has 0 aromatic rings. The molecule has 102 valence electrons. The molecule has 0 aromatic heterocycles. The Kier molecular flexibility index (Phi) is 2.37. The number of hydrogen-bond acceptors (Lipinski definition) is 4. The number of carbonyl (C=O) groups is 2. The van der Waals surface area contributed by atoms with Crippen LogP contribution in [0.1, 0.15) is 26.7 Å². The maximum Gasteiger partial charge on any atom is 0.334 e. The Morgan fingerprint density at radius 1 is 1.47 bits per heavy atom. The minimum atomic E-state index is -1.15. The highest BCUT2D eigenvalue weighted by molar-refractivity contribution is 5.99. The Balaban J connectivity index is 2.06. The van der Waals surface area contributed by atoms with Gasteiger partial charge in [0.1, 0.15) is 6.10 Å². The van der Waals surface area contributed by atoms with Crippen molar-refractivity contribution in [2.24, 2.45) is 17.3 Å². The number of esters is 1. The molecule has 0 unspecified atom stereocenters. The molecule has 0 radical (unpaired) electrons. The number of aliphatic hydroxyl groups is 1. The minimum Gasteiger partial charge on any atom is -0.458 e. The van der Waals surface area contributed by atoms with Crippen molar-refractivity contribution in [2.75, 3.05) is 0 Å². The van der Waals surface area contributed by atoms with Crippen LogP contribution >= 0.6 is 0 Å². The molecule has 0 spiro atoms. The van der Waals surface area contributed by atoms with Crippen LogP contribution in [0.15, 0.2) is 24.3 Å². The molecule has 3 aliphatic rings. The summed E-state index contributed by atoms with van der Waals surface area (Å²) in [6.07, 6.45) is 3.70. The van der Waals surface area contributed by atoms with Crippen molar-refractivity contribution in [3.63, 3.8) is 0 Å². The average Bonchev–Trinajstić information content (AvgIpc) is 2.70. The van der Waals surface area contributed by atoms with Crippen LogP contribution in [-0.2, 0) is 14.3 Å². The van der Waals surface area contributed by atoms with Gasteiger partial charge >= 0.3 is 5.97 Å². The fourth-order valence-corrected chi connectivity index (χ4v) is 3.85. The molecule has 0 amide bonds. The minimum absolute atomic E-state index is 0.0870. The van der Waals surface area contributed by atoms with Crippen LogP contribution in [0.5, 0.6) is 0 Å². The summed E-state index contributed by atoms with van der Waals surface area (Å²) < 4.78 is 5.34. The van der Waals surface area contributed by atoms with Crippen molar-refractivity contribution in [3.05, 3.63) is 24.3 Å². The van der Waals surface area contributed by atoms with Crippen LogP contribution < -0.4 is 0 Å². The number of ether oxygens (including phenoxy) is 1. The fourth-order valence-electron chi connectivity index (χ4n) is 3.85.